The molecule has 1 saturated heterocycles. The van der Waals surface area contributed by atoms with Crippen LogP contribution in [-0.2, 0) is 34.1 Å². The first-order chi connectivity index (χ1) is 16.4. The van der Waals surface area contributed by atoms with E-state index >= 15 is 0 Å². The van der Waals surface area contributed by atoms with Crippen LogP contribution in [0.1, 0.15) is 42.9 Å². The molecule has 11 heteroatoms. The molecule has 1 atom stereocenters. The molecule has 6 nitrogen and oxygen atoms in total. The average molecular weight is 532 g/mol. The van der Waals surface area contributed by atoms with Gasteiger partial charge in [-0.1, -0.05) is 42.3 Å². The van der Waals surface area contributed by atoms with E-state index in [1.165, 1.54) is 26.2 Å². The highest BCUT2D eigenvalue weighted by atomic mass is 35.5. The monoisotopic (exact) mass is 531 g/mol. The summed E-state index contributed by atoms with van der Waals surface area (Å²) in [4.78, 5) is 15.2. The molecule has 192 valence electrons. The first kappa shape index (κ1) is 27.3. The lowest BCUT2D eigenvalue weighted by Gasteiger charge is -2.29. The predicted octanol–water partition coefficient (Wildman–Crippen LogP) is 4.82. The number of anilines is 1. The van der Waals surface area contributed by atoms with Crippen LogP contribution >= 0.6 is 11.6 Å². The van der Waals surface area contributed by atoms with E-state index in [-0.39, 0.29) is 12.2 Å². The Kier molecular flexibility index (Phi) is 8.72. The van der Waals surface area contributed by atoms with E-state index in [0.29, 0.717) is 10.4 Å². The Bertz CT molecular complexity index is 1150. The van der Waals surface area contributed by atoms with Gasteiger partial charge in [0.15, 0.2) is 0 Å². The van der Waals surface area contributed by atoms with Crippen molar-refractivity contribution in [1.29, 1.82) is 0 Å². The predicted molar refractivity (Wildman–Crippen MR) is 131 cm³/mol. The number of hydrogen-bond donors (Lipinski definition) is 1. The number of alkyl halides is 3. The number of benzene rings is 2. The van der Waals surface area contributed by atoms with Crippen LogP contribution in [0.2, 0.25) is 5.02 Å². The fraction of sp³-hybridized carbons (Fsp3) is 0.458. The number of nitrogens with zero attached hydrogens (tertiary/aromatic N) is 2. The SMILES string of the molecule is C[C@@H](C(=O)NCc1cccc(CN2CCCCC2)c1)N(c1ccc(Cl)c(C(F)(F)F)c1)S(C)(=O)=O. The Morgan fingerprint density at radius 3 is 2.40 bits per heavy atom. The Morgan fingerprint density at radius 1 is 1.11 bits per heavy atom. The average Bonchev–Trinajstić information content (AvgIpc) is 2.78. The molecule has 1 amide bonds. The van der Waals surface area contributed by atoms with Gasteiger partial charge < -0.3 is 5.32 Å². The van der Waals surface area contributed by atoms with Crippen LogP contribution in [0, 0.1) is 0 Å². The Balaban J connectivity index is 1.73. The molecular weight excluding hydrogens is 503 g/mol. The van der Waals surface area contributed by atoms with E-state index in [0.717, 1.165) is 49.1 Å². The maximum absolute atomic E-state index is 13.3. The van der Waals surface area contributed by atoms with Crippen LogP contribution in [0.5, 0.6) is 0 Å². The number of halogens is 4. The number of carbonyl (C=O) groups excluding carboxylic acids is 1. The number of sulfonamides is 1. The van der Waals surface area contributed by atoms with Crippen LogP contribution in [0.4, 0.5) is 18.9 Å². The highest BCUT2D eigenvalue weighted by molar-refractivity contribution is 7.92. The minimum Gasteiger partial charge on any atom is -0.350 e. The summed E-state index contributed by atoms with van der Waals surface area (Å²) < 4.78 is 65.5. The van der Waals surface area contributed by atoms with Gasteiger partial charge in [0, 0.05) is 13.1 Å². The van der Waals surface area contributed by atoms with Gasteiger partial charge >= 0.3 is 6.18 Å². The van der Waals surface area contributed by atoms with Crippen LogP contribution in [0.3, 0.4) is 0 Å². The van der Waals surface area contributed by atoms with Gasteiger partial charge in [0.2, 0.25) is 15.9 Å². The van der Waals surface area contributed by atoms with E-state index in [4.69, 9.17) is 11.6 Å². The topological polar surface area (TPSA) is 69.7 Å². The van der Waals surface area contributed by atoms with Gasteiger partial charge in [-0.3, -0.25) is 14.0 Å². The number of nitrogens with one attached hydrogen (secondary N) is 1. The standard InChI is InChI=1S/C24H29ClF3N3O3S/c1-17(31(35(2,33)34)20-9-10-22(25)21(14-20)24(26,27)28)23(32)29-15-18-7-6-8-19(13-18)16-30-11-4-3-5-12-30/h6-10,13-14,17H,3-5,11-12,15-16H2,1-2H3,(H,29,32)/t17-/m0/s1. The smallest absolute Gasteiger partial charge is 0.350 e. The molecular formula is C24H29ClF3N3O3S. The molecule has 35 heavy (non-hydrogen) atoms. The normalized spacial score (nSPS) is 16.1. The highest BCUT2D eigenvalue weighted by Crippen LogP contribution is 2.37. The van der Waals surface area contributed by atoms with Crippen LogP contribution in [0.25, 0.3) is 0 Å². The molecule has 0 bridgehead atoms. The third-order valence-electron chi connectivity index (χ3n) is 5.91. The van der Waals surface area contributed by atoms with E-state index in [1.807, 2.05) is 24.3 Å². The third-order valence-corrected chi connectivity index (χ3v) is 7.48. The Hall–Kier alpha value is -2.30. The van der Waals surface area contributed by atoms with Crippen LogP contribution in [-0.4, -0.2) is 44.6 Å². The number of carbonyl (C=O) groups is 1. The Labute approximate surface area is 209 Å². The maximum atomic E-state index is 13.3. The molecule has 1 fully saturated rings. The second-order valence-corrected chi connectivity index (χ2v) is 11.0. The summed E-state index contributed by atoms with van der Waals surface area (Å²) in [5.74, 6) is -0.639. The summed E-state index contributed by atoms with van der Waals surface area (Å²) in [6.45, 7) is 4.41. The number of amides is 1. The van der Waals surface area contributed by atoms with Gasteiger partial charge in [0.05, 0.1) is 22.5 Å². The summed E-state index contributed by atoms with van der Waals surface area (Å²) in [5.41, 5.74) is 0.487. The zero-order chi connectivity index (χ0) is 25.8. The summed E-state index contributed by atoms with van der Waals surface area (Å²) in [6, 6.07) is 9.23. The molecule has 2 aromatic rings. The van der Waals surface area contributed by atoms with Crippen molar-refractivity contribution in [2.45, 2.75) is 51.5 Å². The van der Waals surface area contributed by atoms with Crippen molar-refractivity contribution < 1.29 is 26.4 Å². The molecule has 0 saturated carbocycles. The molecule has 2 aromatic carbocycles. The van der Waals surface area contributed by atoms with Gasteiger partial charge in [-0.2, -0.15) is 13.2 Å². The zero-order valence-electron chi connectivity index (χ0n) is 19.6. The van der Waals surface area contributed by atoms with Gasteiger partial charge in [-0.05, 0) is 62.2 Å². The summed E-state index contributed by atoms with van der Waals surface area (Å²) in [7, 11) is -4.09. The van der Waals surface area contributed by atoms with Crippen molar-refractivity contribution in [3.63, 3.8) is 0 Å². The van der Waals surface area contributed by atoms with E-state index in [2.05, 4.69) is 10.2 Å². The molecule has 0 spiro atoms. The third kappa shape index (κ3) is 7.35. The number of hydrogen-bond acceptors (Lipinski definition) is 4. The van der Waals surface area contributed by atoms with Gasteiger partial charge in [0.25, 0.3) is 0 Å². The maximum Gasteiger partial charge on any atom is 0.417 e. The number of piperidine rings is 1. The van der Waals surface area contributed by atoms with Gasteiger partial charge in [0.1, 0.15) is 6.04 Å². The van der Waals surface area contributed by atoms with Gasteiger partial charge in [-0.15, -0.1) is 0 Å². The van der Waals surface area contributed by atoms with Crippen molar-refractivity contribution in [3.8, 4) is 0 Å². The van der Waals surface area contributed by atoms with Crippen molar-refractivity contribution in [1.82, 2.24) is 10.2 Å². The van der Waals surface area contributed by atoms with Crippen molar-refractivity contribution >= 4 is 33.2 Å². The van der Waals surface area contributed by atoms with Crippen molar-refractivity contribution in [2.75, 3.05) is 23.7 Å². The molecule has 0 unspecified atom stereocenters. The fourth-order valence-electron chi connectivity index (χ4n) is 4.23. The fourth-order valence-corrected chi connectivity index (χ4v) is 5.62. The van der Waals surface area contributed by atoms with Gasteiger partial charge in [-0.25, -0.2) is 8.42 Å². The van der Waals surface area contributed by atoms with E-state index < -0.39 is 38.7 Å². The molecule has 0 aromatic heterocycles. The lowest BCUT2D eigenvalue weighted by molar-refractivity contribution is -0.137. The minimum absolute atomic E-state index is 0.156. The lowest BCUT2D eigenvalue weighted by atomic mass is 10.1. The quantitative estimate of drug-likeness (QED) is 0.530. The minimum atomic E-state index is -4.78. The molecule has 0 radical (unpaired) electrons. The zero-order valence-corrected chi connectivity index (χ0v) is 21.2. The van der Waals surface area contributed by atoms with E-state index in [1.54, 1.807) is 0 Å². The first-order valence-corrected chi connectivity index (χ1v) is 13.5. The molecule has 1 aliphatic rings. The molecule has 0 aliphatic carbocycles. The van der Waals surface area contributed by atoms with Crippen molar-refractivity contribution in [3.05, 3.63) is 64.2 Å². The molecule has 1 N–H and O–H groups in total. The largest absolute Gasteiger partial charge is 0.417 e. The number of likely N-dealkylation sites (tertiary alicyclic amines) is 1. The van der Waals surface area contributed by atoms with E-state index in [9.17, 15) is 26.4 Å². The summed E-state index contributed by atoms with van der Waals surface area (Å²) in [6.07, 6.45) is -0.326. The van der Waals surface area contributed by atoms with Crippen molar-refractivity contribution in [2.24, 2.45) is 0 Å². The van der Waals surface area contributed by atoms with Crippen LogP contribution in [0.15, 0.2) is 42.5 Å². The molecule has 3 rings (SSSR count). The second kappa shape index (κ2) is 11.2. The summed E-state index contributed by atoms with van der Waals surface area (Å²) in [5, 5.41) is 2.14. The Morgan fingerprint density at radius 2 is 1.77 bits per heavy atom. The highest BCUT2D eigenvalue weighted by Gasteiger charge is 2.36. The van der Waals surface area contributed by atoms with Crippen LogP contribution < -0.4 is 9.62 Å². The number of rotatable bonds is 8. The molecule has 1 heterocycles. The lowest BCUT2D eigenvalue weighted by Crippen LogP contribution is -2.47. The second-order valence-electron chi connectivity index (χ2n) is 8.77. The molecule has 1 aliphatic heterocycles. The first-order valence-electron chi connectivity index (χ1n) is 11.3. The summed E-state index contributed by atoms with van der Waals surface area (Å²) >= 11 is 5.66.